The lowest BCUT2D eigenvalue weighted by molar-refractivity contribution is 0.0921. The standard InChI is InChI=1S/C15H12Br2O3/c1-19-12-6-7-15(13(17)8-12)20-9-14(18)10-2-4-11(16)5-3-10/h2-8H,9H2,1H3. The fourth-order valence-electron chi connectivity index (χ4n) is 1.59. The third-order valence-electron chi connectivity index (χ3n) is 2.66. The summed E-state index contributed by atoms with van der Waals surface area (Å²) in [4.78, 5) is 12.0. The van der Waals surface area contributed by atoms with Crippen LogP contribution < -0.4 is 9.47 Å². The summed E-state index contributed by atoms with van der Waals surface area (Å²) in [6.07, 6.45) is 0. The highest BCUT2D eigenvalue weighted by atomic mass is 79.9. The van der Waals surface area contributed by atoms with Crippen LogP contribution in [0.3, 0.4) is 0 Å². The monoisotopic (exact) mass is 398 g/mol. The fraction of sp³-hybridized carbons (Fsp3) is 0.133. The van der Waals surface area contributed by atoms with Crippen LogP contribution in [-0.4, -0.2) is 19.5 Å². The number of Topliss-reactive ketones (excluding diaryl/α,β-unsaturated/α-hetero) is 1. The maximum Gasteiger partial charge on any atom is 0.200 e. The molecular weight excluding hydrogens is 388 g/mol. The quantitative estimate of drug-likeness (QED) is 0.695. The summed E-state index contributed by atoms with van der Waals surface area (Å²) in [7, 11) is 1.60. The third-order valence-corrected chi connectivity index (χ3v) is 3.81. The van der Waals surface area contributed by atoms with Gasteiger partial charge >= 0.3 is 0 Å². The van der Waals surface area contributed by atoms with Crippen LogP contribution in [0.1, 0.15) is 10.4 Å². The minimum atomic E-state index is -0.0692. The predicted molar refractivity (Wildman–Crippen MR) is 84.7 cm³/mol. The Morgan fingerprint density at radius 2 is 1.80 bits per heavy atom. The minimum absolute atomic E-state index is 0.00738. The maximum atomic E-state index is 12.0. The molecule has 0 aliphatic carbocycles. The number of methoxy groups -OCH3 is 1. The number of benzene rings is 2. The Labute approximate surface area is 134 Å². The van der Waals surface area contributed by atoms with Gasteiger partial charge in [-0.15, -0.1) is 0 Å². The van der Waals surface area contributed by atoms with Crippen molar-refractivity contribution in [1.29, 1.82) is 0 Å². The van der Waals surface area contributed by atoms with Gasteiger partial charge in [-0.25, -0.2) is 0 Å². The molecule has 3 nitrogen and oxygen atoms in total. The van der Waals surface area contributed by atoms with E-state index in [1.807, 2.05) is 12.1 Å². The highest BCUT2D eigenvalue weighted by Crippen LogP contribution is 2.29. The van der Waals surface area contributed by atoms with Crippen LogP contribution in [0.25, 0.3) is 0 Å². The second-order valence-electron chi connectivity index (χ2n) is 4.02. The second-order valence-corrected chi connectivity index (χ2v) is 5.79. The summed E-state index contributed by atoms with van der Waals surface area (Å²) in [6.45, 7) is -0.00738. The number of ketones is 1. The predicted octanol–water partition coefficient (Wildman–Crippen LogP) is 4.48. The molecule has 5 heteroatoms. The first-order valence-corrected chi connectivity index (χ1v) is 7.44. The van der Waals surface area contributed by atoms with Crippen LogP contribution in [0.2, 0.25) is 0 Å². The number of hydrogen-bond acceptors (Lipinski definition) is 3. The van der Waals surface area contributed by atoms with E-state index in [9.17, 15) is 4.79 Å². The molecule has 0 aliphatic rings. The highest BCUT2D eigenvalue weighted by molar-refractivity contribution is 9.10. The molecule has 0 saturated carbocycles. The van der Waals surface area contributed by atoms with E-state index in [1.54, 1.807) is 37.4 Å². The van der Waals surface area contributed by atoms with Gasteiger partial charge in [0.05, 0.1) is 11.6 Å². The Hall–Kier alpha value is -1.33. The second kappa shape index (κ2) is 6.90. The van der Waals surface area contributed by atoms with Crippen LogP contribution in [0, 0.1) is 0 Å². The topological polar surface area (TPSA) is 35.5 Å². The Morgan fingerprint density at radius 3 is 2.40 bits per heavy atom. The van der Waals surface area contributed by atoms with Crippen molar-refractivity contribution >= 4 is 37.6 Å². The third kappa shape index (κ3) is 3.84. The number of rotatable bonds is 5. The normalized spacial score (nSPS) is 10.2. The van der Waals surface area contributed by atoms with Crippen LogP contribution in [0.4, 0.5) is 0 Å². The van der Waals surface area contributed by atoms with Crippen molar-refractivity contribution in [1.82, 2.24) is 0 Å². The lowest BCUT2D eigenvalue weighted by Gasteiger charge is -2.09. The number of halogens is 2. The van der Waals surface area contributed by atoms with E-state index in [-0.39, 0.29) is 12.4 Å². The molecule has 0 bridgehead atoms. The molecule has 0 unspecified atom stereocenters. The average Bonchev–Trinajstić information content (AvgIpc) is 2.46. The zero-order valence-corrected chi connectivity index (χ0v) is 13.9. The number of hydrogen-bond donors (Lipinski definition) is 0. The molecular formula is C15H12Br2O3. The molecule has 0 saturated heterocycles. The summed E-state index contributed by atoms with van der Waals surface area (Å²) in [5.41, 5.74) is 0.623. The first kappa shape index (κ1) is 15.1. The van der Waals surface area contributed by atoms with E-state index >= 15 is 0 Å². The summed E-state index contributed by atoms with van der Waals surface area (Å²) < 4.78 is 12.3. The first-order chi connectivity index (χ1) is 9.60. The van der Waals surface area contributed by atoms with Crippen molar-refractivity contribution in [2.75, 3.05) is 13.7 Å². The van der Waals surface area contributed by atoms with Crippen LogP contribution in [0.5, 0.6) is 11.5 Å². The summed E-state index contributed by atoms with van der Waals surface area (Å²) in [5, 5.41) is 0. The molecule has 2 rings (SSSR count). The van der Waals surface area contributed by atoms with Crippen molar-refractivity contribution in [2.24, 2.45) is 0 Å². The molecule has 0 aromatic heterocycles. The number of carbonyl (C=O) groups excluding carboxylic acids is 1. The zero-order chi connectivity index (χ0) is 14.5. The lowest BCUT2D eigenvalue weighted by atomic mass is 10.1. The van der Waals surface area contributed by atoms with Gasteiger partial charge in [0.25, 0.3) is 0 Å². The van der Waals surface area contributed by atoms with E-state index in [0.29, 0.717) is 11.3 Å². The SMILES string of the molecule is COc1ccc(OCC(=O)c2ccc(Br)cc2)c(Br)c1. The van der Waals surface area contributed by atoms with Gasteiger partial charge in [-0.2, -0.15) is 0 Å². The van der Waals surface area contributed by atoms with Gasteiger partial charge in [0.1, 0.15) is 11.5 Å². The summed E-state index contributed by atoms with van der Waals surface area (Å²) in [5.74, 6) is 1.26. The van der Waals surface area contributed by atoms with Gasteiger partial charge in [0.2, 0.25) is 0 Å². The van der Waals surface area contributed by atoms with Gasteiger partial charge in [-0.1, -0.05) is 28.1 Å². The van der Waals surface area contributed by atoms with Crippen molar-refractivity contribution in [3.63, 3.8) is 0 Å². The van der Waals surface area contributed by atoms with Crippen molar-refractivity contribution in [3.8, 4) is 11.5 Å². The van der Waals surface area contributed by atoms with E-state index in [0.717, 1.165) is 14.7 Å². The Morgan fingerprint density at radius 1 is 1.10 bits per heavy atom. The van der Waals surface area contributed by atoms with E-state index in [2.05, 4.69) is 31.9 Å². The smallest absolute Gasteiger partial charge is 0.200 e. The van der Waals surface area contributed by atoms with Crippen LogP contribution in [0.15, 0.2) is 51.4 Å². The maximum absolute atomic E-state index is 12.0. The van der Waals surface area contributed by atoms with Gasteiger partial charge in [-0.3, -0.25) is 4.79 Å². The molecule has 0 heterocycles. The van der Waals surface area contributed by atoms with E-state index in [4.69, 9.17) is 9.47 Å². The Bertz CT molecular complexity index is 609. The lowest BCUT2D eigenvalue weighted by Crippen LogP contribution is -2.11. The number of ether oxygens (including phenoxy) is 2. The molecule has 20 heavy (non-hydrogen) atoms. The van der Waals surface area contributed by atoms with E-state index in [1.165, 1.54) is 0 Å². The van der Waals surface area contributed by atoms with Crippen LogP contribution >= 0.6 is 31.9 Å². The number of carbonyl (C=O) groups is 1. The van der Waals surface area contributed by atoms with E-state index < -0.39 is 0 Å². The molecule has 104 valence electrons. The Balaban J connectivity index is 2.01. The van der Waals surface area contributed by atoms with Crippen molar-refractivity contribution in [2.45, 2.75) is 0 Å². The summed E-state index contributed by atoms with van der Waals surface area (Å²) in [6, 6.07) is 12.5. The van der Waals surface area contributed by atoms with Crippen LogP contribution in [-0.2, 0) is 0 Å². The molecule has 0 fully saturated rings. The first-order valence-electron chi connectivity index (χ1n) is 5.85. The van der Waals surface area contributed by atoms with Gasteiger partial charge in [-0.05, 0) is 46.3 Å². The Kier molecular flexibility index (Phi) is 5.20. The van der Waals surface area contributed by atoms with Crippen molar-refractivity contribution in [3.05, 3.63) is 57.0 Å². The molecule has 0 radical (unpaired) electrons. The molecule has 0 amide bonds. The summed E-state index contributed by atoms with van der Waals surface area (Å²) >= 11 is 6.71. The molecule has 0 aliphatic heterocycles. The minimum Gasteiger partial charge on any atom is -0.497 e. The molecule has 2 aromatic carbocycles. The molecule has 2 aromatic rings. The highest BCUT2D eigenvalue weighted by Gasteiger charge is 2.09. The molecule has 0 spiro atoms. The molecule has 0 atom stereocenters. The van der Waals surface area contributed by atoms with Gasteiger partial charge < -0.3 is 9.47 Å². The molecule has 0 N–H and O–H groups in total. The average molecular weight is 400 g/mol. The van der Waals surface area contributed by atoms with Gasteiger partial charge in [0, 0.05) is 10.0 Å². The zero-order valence-electron chi connectivity index (χ0n) is 10.7. The van der Waals surface area contributed by atoms with Crippen molar-refractivity contribution < 1.29 is 14.3 Å². The largest absolute Gasteiger partial charge is 0.497 e. The van der Waals surface area contributed by atoms with Gasteiger partial charge in [0.15, 0.2) is 12.4 Å². The fourth-order valence-corrected chi connectivity index (χ4v) is 2.32.